The molecule has 0 aliphatic carbocycles. The average molecular weight is 320 g/mol. The summed E-state index contributed by atoms with van der Waals surface area (Å²) in [6.07, 6.45) is 0. The Balaban J connectivity index is 2.07. The molecule has 0 heterocycles. The molecule has 0 saturated heterocycles. The van der Waals surface area contributed by atoms with E-state index in [1.165, 1.54) is 6.07 Å². The molecule has 2 aromatic rings. The highest BCUT2D eigenvalue weighted by Crippen LogP contribution is 2.29. The van der Waals surface area contributed by atoms with Crippen molar-refractivity contribution in [1.82, 2.24) is 0 Å². The lowest BCUT2D eigenvalue weighted by Crippen LogP contribution is -2.19. The van der Waals surface area contributed by atoms with Gasteiger partial charge in [-0.15, -0.1) is 0 Å². The number of rotatable bonds is 4. The second-order valence-corrected chi connectivity index (χ2v) is 5.02. The molecule has 0 saturated carbocycles. The molecule has 0 aliphatic rings. The number of hydrogen-bond acceptors (Lipinski definition) is 3. The van der Waals surface area contributed by atoms with Crippen LogP contribution in [0.2, 0.25) is 0 Å². The predicted octanol–water partition coefficient (Wildman–Crippen LogP) is 3.96. The van der Waals surface area contributed by atoms with E-state index in [0.717, 1.165) is 11.4 Å². The summed E-state index contributed by atoms with van der Waals surface area (Å²) in [7, 11) is 3.15. The normalized spacial score (nSPS) is 10.0. The summed E-state index contributed by atoms with van der Waals surface area (Å²) in [6.45, 7) is 1.70. The highest BCUT2D eigenvalue weighted by Gasteiger charge is 2.06. The summed E-state index contributed by atoms with van der Waals surface area (Å²) in [4.78, 5) is 0. The van der Waals surface area contributed by atoms with E-state index in [1.54, 1.807) is 45.4 Å². The first-order valence-electron chi connectivity index (χ1n) is 6.59. The van der Waals surface area contributed by atoms with Crippen molar-refractivity contribution in [3.8, 4) is 11.5 Å². The number of ether oxygens (including phenoxy) is 2. The van der Waals surface area contributed by atoms with Crippen molar-refractivity contribution in [1.29, 1.82) is 0 Å². The SMILES string of the molecule is COc1ccc(NC(=S)Nc2ccc(F)c(C)c2)cc1OC. The average Bonchev–Trinajstić information content (AvgIpc) is 2.50. The monoisotopic (exact) mass is 320 g/mol. The van der Waals surface area contributed by atoms with Crippen molar-refractivity contribution in [2.45, 2.75) is 6.92 Å². The van der Waals surface area contributed by atoms with E-state index in [1.807, 2.05) is 6.07 Å². The first-order chi connectivity index (χ1) is 10.5. The minimum atomic E-state index is -0.246. The molecule has 0 unspecified atom stereocenters. The lowest BCUT2D eigenvalue weighted by molar-refractivity contribution is 0.355. The van der Waals surface area contributed by atoms with E-state index in [4.69, 9.17) is 21.7 Å². The number of hydrogen-bond donors (Lipinski definition) is 2. The van der Waals surface area contributed by atoms with Crippen LogP contribution < -0.4 is 20.1 Å². The molecule has 0 radical (unpaired) electrons. The fraction of sp³-hybridized carbons (Fsp3) is 0.188. The molecule has 0 aromatic heterocycles. The molecule has 0 atom stereocenters. The van der Waals surface area contributed by atoms with Gasteiger partial charge in [0.2, 0.25) is 0 Å². The van der Waals surface area contributed by atoms with E-state index in [2.05, 4.69) is 10.6 Å². The maximum atomic E-state index is 13.2. The third-order valence-corrected chi connectivity index (χ3v) is 3.26. The van der Waals surface area contributed by atoms with E-state index in [9.17, 15) is 4.39 Å². The first kappa shape index (κ1) is 16.0. The van der Waals surface area contributed by atoms with Gasteiger partial charge < -0.3 is 20.1 Å². The lowest BCUT2D eigenvalue weighted by Gasteiger charge is -2.13. The van der Waals surface area contributed by atoms with Gasteiger partial charge in [0.05, 0.1) is 14.2 Å². The molecule has 0 spiro atoms. The van der Waals surface area contributed by atoms with E-state index >= 15 is 0 Å². The molecular weight excluding hydrogens is 303 g/mol. The number of halogens is 1. The number of aryl methyl sites for hydroxylation is 1. The molecule has 2 rings (SSSR count). The van der Waals surface area contributed by atoms with Crippen molar-refractivity contribution in [2.24, 2.45) is 0 Å². The third-order valence-electron chi connectivity index (χ3n) is 3.06. The Morgan fingerprint density at radius 2 is 1.55 bits per heavy atom. The van der Waals surface area contributed by atoms with E-state index in [0.29, 0.717) is 22.2 Å². The molecule has 22 heavy (non-hydrogen) atoms. The van der Waals surface area contributed by atoms with Crippen LogP contribution in [0.1, 0.15) is 5.56 Å². The number of benzene rings is 2. The van der Waals surface area contributed by atoms with Crippen LogP contribution in [-0.4, -0.2) is 19.3 Å². The van der Waals surface area contributed by atoms with Crippen LogP contribution in [0.25, 0.3) is 0 Å². The largest absolute Gasteiger partial charge is 0.493 e. The minimum Gasteiger partial charge on any atom is -0.493 e. The zero-order valence-electron chi connectivity index (χ0n) is 12.6. The van der Waals surface area contributed by atoms with Gasteiger partial charge in [-0.25, -0.2) is 4.39 Å². The Morgan fingerprint density at radius 1 is 0.955 bits per heavy atom. The van der Waals surface area contributed by atoms with Crippen LogP contribution >= 0.6 is 12.2 Å². The van der Waals surface area contributed by atoms with Gasteiger partial charge in [0.25, 0.3) is 0 Å². The second-order valence-electron chi connectivity index (χ2n) is 4.61. The molecule has 0 bridgehead atoms. The van der Waals surface area contributed by atoms with Gasteiger partial charge in [-0.1, -0.05) is 0 Å². The first-order valence-corrected chi connectivity index (χ1v) is 7.00. The number of thiocarbonyl (C=S) groups is 1. The Kier molecular flexibility index (Phi) is 5.16. The van der Waals surface area contributed by atoms with Gasteiger partial charge in [-0.3, -0.25) is 0 Å². The molecule has 4 nitrogen and oxygen atoms in total. The Bertz CT molecular complexity index is 692. The Morgan fingerprint density at radius 3 is 2.14 bits per heavy atom. The van der Waals surface area contributed by atoms with Crippen molar-refractivity contribution >= 4 is 28.7 Å². The minimum absolute atomic E-state index is 0.246. The van der Waals surface area contributed by atoms with Crippen LogP contribution in [0.15, 0.2) is 36.4 Å². The summed E-state index contributed by atoms with van der Waals surface area (Å²) in [5, 5.41) is 6.45. The fourth-order valence-corrected chi connectivity index (χ4v) is 2.17. The highest BCUT2D eigenvalue weighted by molar-refractivity contribution is 7.80. The Labute approximate surface area is 134 Å². The van der Waals surface area contributed by atoms with Gasteiger partial charge in [0.15, 0.2) is 16.6 Å². The molecule has 0 amide bonds. The molecule has 6 heteroatoms. The van der Waals surface area contributed by atoms with Crippen LogP contribution in [0, 0.1) is 12.7 Å². The number of methoxy groups -OCH3 is 2. The van der Waals surface area contributed by atoms with Crippen molar-refractivity contribution in [3.63, 3.8) is 0 Å². The topological polar surface area (TPSA) is 42.5 Å². The van der Waals surface area contributed by atoms with Crippen molar-refractivity contribution < 1.29 is 13.9 Å². The zero-order chi connectivity index (χ0) is 16.1. The summed E-state index contributed by atoms with van der Waals surface area (Å²) in [6, 6.07) is 10.1. The Hall–Kier alpha value is -2.34. The summed E-state index contributed by atoms with van der Waals surface area (Å²) in [5.74, 6) is 0.998. The summed E-state index contributed by atoms with van der Waals surface area (Å²) < 4.78 is 23.7. The second kappa shape index (κ2) is 7.09. The van der Waals surface area contributed by atoms with Gasteiger partial charge in [0.1, 0.15) is 5.82 Å². The lowest BCUT2D eigenvalue weighted by atomic mass is 10.2. The van der Waals surface area contributed by atoms with Crippen LogP contribution in [0.4, 0.5) is 15.8 Å². The van der Waals surface area contributed by atoms with Gasteiger partial charge in [-0.05, 0) is 55.0 Å². The molecule has 0 aliphatic heterocycles. The number of nitrogens with one attached hydrogen (secondary N) is 2. The molecule has 2 aromatic carbocycles. The van der Waals surface area contributed by atoms with Crippen LogP contribution in [-0.2, 0) is 0 Å². The quantitative estimate of drug-likeness (QED) is 0.835. The van der Waals surface area contributed by atoms with Gasteiger partial charge >= 0.3 is 0 Å². The van der Waals surface area contributed by atoms with Crippen molar-refractivity contribution in [3.05, 3.63) is 47.8 Å². The number of anilines is 2. The maximum Gasteiger partial charge on any atom is 0.175 e. The summed E-state index contributed by atoms with van der Waals surface area (Å²) >= 11 is 5.25. The molecule has 2 N–H and O–H groups in total. The molecule has 0 fully saturated rings. The summed E-state index contributed by atoms with van der Waals surface area (Å²) in [5.41, 5.74) is 2.03. The molecule has 116 valence electrons. The van der Waals surface area contributed by atoms with E-state index in [-0.39, 0.29) is 5.82 Å². The highest BCUT2D eigenvalue weighted by atomic mass is 32.1. The fourth-order valence-electron chi connectivity index (χ4n) is 1.93. The van der Waals surface area contributed by atoms with Gasteiger partial charge in [0, 0.05) is 17.4 Å². The standard InChI is InChI=1S/C16H17FN2O2S/c1-10-8-11(4-6-13(10)17)18-16(22)19-12-5-7-14(20-2)15(9-12)21-3/h4-9H,1-3H3,(H2,18,19,22). The third kappa shape index (κ3) is 3.85. The predicted molar refractivity (Wildman–Crippen MR) is 90.5 cm³/mol. The van der Waals surface area contributed by atoms with Crippen LogP contribution in [0.3, 0.4) is 0 Å². The molecular formula is C16H17FN2O2S. The van der Waals surface area contributed by atoms with Crippen molar-refractivity contribution in [2.75, 3.05) is 24.9 Å². The van der Waals surface area contributed by atoms with Gasteiger partial charge in [-0.2, -0.15) is 0 Å². The zero-order valence-corrected chi connectivity index (χ0v) is 13.4. The maximum absolute atomic E-state index is 13.2. The van der Waals surface area contributed by atoms with Crippen LogP contribution in [0.5, 0.6) is 11.5 Å². The van der Waals surface area contributed by atoms with E-state index < -0.39 is 0 Å². The smallest absolute Gasteiger partial charge is 0.175 e.